The Bertz CT molecular complexity index is 1420. The maximum Gasteiger partial charge on any atom is 0.416 e. The quantitative estimate of drug-likeness (QED) is 0.395. The van der Waals surface area contributed by atoms with Crippen molar-refractivity contribution in [1.82, 2.24) is 9.88 Å². The maximum atomic E-state index is 13.5. The first-order chi connectivity index (χ1) is 17.1. The third-order valence-corrected chi connectivity index (χ3v) is 7.02. The Morgan fingerprint density at radius 1 is 1.14 bits per heavy atom. The number of allylic oxidation sites excluding steroid dienone is 4. The van der Waals surface area contributed by atoms with Crippen molar-refractivity contribution in [2.75, 3.05) is 0 Å². The minimum atomic E-state index is -4.36. The molecule has 5 rings (SSSR count). The van der Waals surface area contributed by atoms with Crippen LogP contribution >= 0.6 is 11.6 Å². The van der Waals surface area contributed by atoms with E-state index in [9.17, 15) is 22.8 Å². The molecule has 3 aromatic rings. The van der Waals surface area contributed by atoms with Gasteiger partial charge >= 0.3 is 12.1 Å². The summed E-state index contributed by atoms with van der Waals surface area (Å²) in [6.07, 6.45) is 3.00. The van der Waals surface area contributed by atoms with Crippen LogP contribution < -0.4 is 5.32 Å². The number of rotatable bonds is 6. The zero-order valence-corrected chi connectivity index (χ0v) is 19.7. The number of alkyl halides is 3. The lowest BCUT2D eigenvalue weighted by Gasteiger charge is -2.21. The fourth-order valence-corrected chi connectivity index (χ4v) is 4.95. The first kappa shape index (κ1) is 24.2. The van der Waals surface area contributed by atoms with E-state index in [1.807, 2.05) is 16.8 Å². The van der Waals surface area contributed by atoms with Crippen LogP contribution in [0.5, 0.6) is 0 Å². The van der Waals surface area contributed by atoms with E-state index in [0.29, 0.717) is 22.6 Å². The molecule has 0 bridgehead atoms. The summed E-state index contributed by atoms with van der Waals surface area (Å²) in [7, 11) is 0. The van der Waals surface area contributed by atoms with Crippen LogP contribution in [-0.4, -0.2) is 27.7 Å². The summed E-state index contributed by atoms with van der Waals surface area (Å²) in [5, 5.41) is 13.4. The molecule has 1 saturated carbocycles. The van der Waals surface area contributed by atoms with Crippen molar-refractivity contribution in [2.24, 2.45) is 5.92 Å². The van der Waals surface area contributed by atoms with Crippen LogP contribution in [0.3, 0.4) is 0 Å². The van der Waals surface area contributed by atoms with E-state index >= 15 is 0 Å². The number of aromatic carboxylic acids is 1. The molecular weight excluding hydrogens is 493 g/mol. The van der Waals surface area contributed by atoms with Crippen LogP contribution in [0.1, 0.15) is 45.5 Å². The van der Waals surface area contributed by atoms with Crippen molar-refractivity contribution >= 4 is 34.4 Å². The van der Waals surface area contributed by atoms with Gasteiger partial charge in [0, 0.05) is 23.2 Å². The second kappa shape index (κ2) is 8.85. The lowest BCUT2D eigenvalue weighted by molar-refractivity contribution is -0.0887. The van der Waals surface area contributed by atoms with Crippen LogP contribution in [0.15, 0.2) is 72.5 Å². The van der Waals surface area contributed by atoms with Gasteiger partial charge in [-0.1, -0.05) is 42.0 Å². The molecule has 2 aliphatic rings. The number of nitrogens with one attached hydrogen (secondary N) is 1. The van der Waals surface area contributed by atoms with Crippen molar-refractivity contribution in [3.8, 4) is 0 Å². The number of hydrogen-bond acceptors (Lipinski definition) is 2. The van der Waals surface area contributed by atoms with Gasteiger partial charge in [0.1, 0.15) is 0 Å². The summed E-state index contributed by atoms with van der Waals surface area (Å²) < 4.78 is 40.7. The number of carboxylic acid groups (broad SMARTS) is 1. The van der Waals surface area contributed by atoms with Crippen molar-refractivity contribution in [2.45, 2.75) is 37.5 Å². The monoisotopic (exact) mass is 514 g/mol. The zero-order valence-electron chi connectivity index (χ0n) is 19.0. The Hall–Kier alpha value is -3.52. The number of halogens is 4. The highest BCUT2D eigenvalue weighted by molar-refractivity contribution is 6.32. The third kappa shape index (κ3) is 4.65. The number of benzene rings is 2. The number of aromatic nitrogens is 1. The molecule has 2 aromatic carbocycles. The van der Waals surface area contributed by atoms with Crippen molar-refractivity contribution < 1.29 is 27.9 Å². The minimum Gasteiger partial charge on any atom is -0.478 e. The van der Waals surface area contributed by atoms with Gasteiger partial charge in [-0.2, -0.15) is 13.2 Å². The molecule has 186 valence electrons. The molecule has 0 aliphatic heterocycles. The minimum absolute atomic E-state index is 0.152. The number of carbonyl (C=O) groups excluding carboxylic acids is 1. The first-order valence-electron chi connectivity index (χ1n) is 11.5. The molecule has 1 atom stereocenters. The molecule has 5 nitrogen and oxygen atoms in total. The number of hydrogen-bond donors (Lipinski definition) is 2. The van der Waals surface area contributed by atoms with E-state index in [0.717, 1.165) is 29.9 Å². The number of carbonyl (C=O) groups is 2. The summed E-state index contributed by atoms with van der Waals surface area (Å²) in [5.74, 6) is -1.49. The highest BCUT2D eigenvalue weighted by Gasteiger charge is 2.46. The third-order valence-electron chi connectivity index (χ3n) is 6.80. The molecule has 2 N–H and O–H groups in total. The van der Waals surface area contributed by atoms with E-state index in [1.165, 1.54) is 18.2 Å². The molecule has 1 fully saturated rings. The van der Waals surface area contributed by atoms with Crippen molar-refractivity contribution in [3.05, 3.63) is 94.2 Å². The molecule has 1 unspecified atom stereocenters. The summed E-state index contributed by atoms with van der Waals surface area (Å²) in [4.78, 5) is 24.6. The lowest BCUT2D eigenvalue weighted by Crippen LogP contribution is -2.35. The van der Waals surface area contributed by atoms with E-state index in [4.69, 9.17) is 16.7 Å². The van der Waals surface area contributed by atoms with Gasteiger partial charge < -0.3 is 15.0 Å². The molecule has 1 aromatic heterocycles. The molecule has 1 amide bonds. The normalized spacial score (nSPS) is 18.7. The summed E-state index contributed by atoms with van der Waals surface area (Å²) in [5.41, 5.74) is 0.813. The average molecular weight is 515 g/mol. The first-order valence-corrected chi connectivity index (χ1v) is 11.8. The highest BCUT2D eigenvalue weighted by atomic mass is 35.5. The van der Waals surface area contributed by atoms with Crippen molar-refractivity contribution in [1.29, 1.82) is 0 Å². The molecule has 2 aliphatic carbocycles. The Morgan fingerprint density at radius 3 is 2.44 bits per heavy atom. The molecule has 0 saturated heterocycles. The van der Waals surface area contributed by atoms with Gasteiger partial charge in [-0.25, -0.2) is 4.79 Å². The Kier molecular flexibility index (Phi) is 5.95. The molecule has 36 heavy (non-hydrogen) atoms. The number of amides is 1. The van der Waals surface area contributed by atoms with Gasteiger partial charge in [-0.15, -0.1) is 0 Å². The van der Waals surface area contributed by atoms with Crippen LogP contribution in [0.2, 0.25) is 5.02 Å². The van der Waals surface area contributed by atoms with Gasteiger partial charge in [-0.3, -0.25) is 4.79 Å². The van der Waals surface area contributed by atoms with Gasteiger partial charge in [0.25, 0.3) is 5.91 Å². The lowest BCUT2D eigenvalue weighted by atomic mass is 9.96. The fraction of sp³-hybridized carbons (Fsp3) is 0.259. The highest BCUT2D eigenvalue weighted by Crippen LogP contribution is 2.46. The number of carboxylic acids is 1. The average Bonchev–Trinajstić information content (AvgIpc) is 3.51. The maximum absolute atomic E-state index is 13.5. The van der Waals surface area contributed by atoms with Gasteiger partial charge in [0.2, 0.25) is 0 Å². The van der Waals surface area contributed by atoms with E-state index in [1.54, 1.807) is 30.3 Å². The molecule has 0 radical (unpaired) electrons. The van der Waals surface area contributed by atoms with Crippen LogP contribution in [0.25, 0.3) is 10.9 Å². The number of fused-ring (bicyclic) bond motifs is 1. The van der Waals surface area contributed by atoms with Crippen LogP contribution in [0, 0.1) is 5.92 Å². The fourth-order valence-electron chi connectivity index (χ4n) is 4.73. The second-order valence-corrected chi connectivity index (χ2v) is 9.73. The Labute approximate surface area is 209 Å². The van der Waals surface area contributed by atoms with Gasteiger partial charge in [0.05, 0.1) is 27.8 Å². The summed E-state index contributed by atoms with van der Waals surface area (Å²) in [6, 6.07) is 11.6. The van der Waals surface area contributed by atoms with Gasteiger partial charge in [0.15, 0.2) is 0 Å². The second-order valence-electron chi connectivity index (χ2n) is 9.29. The van der Waals surface area contributed by atoms with Crippen LogP contribution in [-0.2, 0) is 12.1 Å². The SMILES string of the molecule is O=C(O)c1ccc(C2(NC(=O)c3cc(Cl)cc4ccn(CC5C=CC(C(F)(F)F)=CC5)c34)CC2)cc1. The standard InChI is InChI=1S/C27H22ClF3N2O3/c28-21-13-18-9-12-33(15-16-1-5-20(6-2-16)27(29,30)31)23(18)22(14-21)24(34)32-26(10-11-26)19-7-3-17(4-8-19)25(35)36/h1,3-9,12-14,16H,2,10-11,15H2,(H,32,34)(H,35,36). The zero-order chi connectivity index (χ0) is 25.7. The topological polar surface area (TPSA) is 71.3 Å². The Morgan fingerprint density at radius 2 is 1.86 bits per heavy atom. The molecule has 1 heterocycles. The van der Waals surface area contributed by atoms with Crippen molar-refractivity contribution in [3.63, 3.8) is 0 Å². The van der Waals surface area contributed by atoms with E-state index in [2.05, 4.69) is 5.32 Å². The van der Waals surface area contributed by atoms with Gasteiger partial charge in [-0.05, 0) is 61.1 Å². The summed E-state index contributed by atoms with van der Waals surface area (Å²) in [6.45, 7) is 0.408. The van der Waals surface area contributed by atoms with E-state index in [-0.39, 0.29) is 23.8 Å². The van der Waals surface area contributed by atoms with E-state index < -0.39 is 23.3 Å². The predicted molar refractivity (Wildman–Crippen MR) is 130 cm³/mol. The molecule has 9 heteroatoms. The Balaban J connectivity index is 1.40. The largest absolute Gasteiger partial charge is 0.478 e. The number of nitrogens with zero attached hydrogens (tertiary/aromatic N) is 1. The molecular formula is C27H22ClF3N2O3. The smallest absolute Gasteiger partial charge is 0.416 e. The van der Waals surface area contributed by atoms with Crippen LogP contribution in [0.4, 0.5) is 13.2 Å². The predicted octanol–water partition coefficient (Wildman–Crippen LogP) is 6.48. The summed E-state index contributed by atoms with van der Waals surface area (Å²) >= 11 is 6.31. The molecule has 0 spiro atoms.